The van der Waals surface area contributed by atoms with E-state index in [2.05, 4.69) is 17.4 Å². The molecule has 0 aromatic heterocycles. The molecule has 0 spiro atoms. The van der Waals surface area contributed by atoms with E-state index in [0.717, 1.165) is 48.8 Å². The molecule has 1 aliphatic carbocycles. The predicted molar refractivity (Wildman–Crippen MR) is 129 cm³/mol. The molecule has 0 heterocycles. The van der Waals surface area contributed by atoms with E-state index >= 15 is 0 Å². The van der Waals surface area contributed by atoms with Crippen molar-refractivity contribution in [3.8, 4) is 0 Å². The summed E-state index contributed by atoms with van der Waals surface area (Å²) in [5.74, 6) is 0. The van der Waals surface area contributed by atoms with E-state index in [4.69, 9.17) is 9.05 Å². The summed E-state index contributed by atoms with van der Waals surface area (Å²) in [6.45, 7) is 1.16. The summed E-state index contributed by atoms with van der Waals surface area (Å²) in [6.07, 6.45) is 4.72. The van der Waals surface area contributed by atoms with E-state index in [9.17, 15) is 4.57 Å². The molecule has 1 fully saturated rings. The summed E-state index contributed by atoms with van der Waals surface area (Å²) in [4.78, 5) is 0. The molecule has 1 N–H and O–H groups in total. The zero-order valence-corrected chi connectivity index (χ0v) is 19.4. The molecule has 168 valence electrons. The zero-order chi connectivity index (χ0) is 22.1. The molecular weight excluding hydrogens is 417 g/mol. The van der Waals surface area contributed by atoms with Crippen LogP contribution < -0.4 is 5.32 Å². The van der Waals surface area contributed by atoms with Gasteiger partial charge >= 0.3 is 7.60 Å². The molecule has 0 aliphatic heterocycles. The molecule has 4 nitrogen and oxygen atoms in total. The van der Waals surface area contributed by atoms with E-state index in [-0.39, 0.29) is 13.2 Å². The SMILES string of the molecule is O=P(OCc1ccccc1)(OCc1ccccc1)C1(NCc2ccccc2)CCCCC1. The molecule has 3 aromatic rings. The maximum atomic E-state index is 14.6. The van der Waals surface area contributed by atoms with Crippen molar-refractivity contribution < 1.29 is 13.6 Å². The second-order valence-electron chi connectivity index (χ2n) is 8.45. The first-order valence-electron chi connectivity index (χ1n) is 11.5. The molecular formula is C27H32NO3P. The smallest absolute Gasteiger partial charge is 0.302 e. The Hall–Kier alpha value is -2.23. The van der Waals surface area contributed by atoms with Crippen LogP contribution >= 0.6 is 7.60 Å². The lowest BCUT2D eigenvalue weighted by molar-refractivity contribution is 0.145. The third kappa shape index (κ3) is 5.76. The van der Waals surface area contributed by atoms with E-state index in [1.807, 2.05) is 78.9 Å². The Morgan fingerprint density at radius 3 is 1.56 bits per heavy atom. The number of hydrogen-bond acceptors (Lipinski definition) is 4. The van der Waals surface area contributed by atoms with Gasteiger partial charge in [-0.3, -0.25) is 9.88 Å². The molecule has 3 aromatic carbocycles. The Bertz CT molecular complexity index is 942. The summed E-state index contributed by atoms with van der Waals surface area (Å²) in [7, 11) is -3.50. The number of nitrogens with one attached hydrogen (secondary N) is 1. The van der Waals surface area contributed by atoms with Crippen LogP contribution in [0, 0.1) is 0 Å². The standard InChI is InChI=1S/C27H32NO3P/c29-32(30-22-25-15-7-2-8-16-25,31-23-26-17-9-3-10-18-26)27(19-11-4-12-20-27)28-21-24-13-5-1-6-14-24/h1-3,5-10,13-18,28H,4,11-12,19-23H2. The second-order valence-corrected chi connectivity index (χ2v) is 10.8. The van der Waals surface area contributed by atoms with Gasteiger partial charge in [0.2, 0.25) is 0 Å². The van der Waals surface area contributed by atoms with Crippen LogP contribution in [0.2, 0.25) is 0 Å². The van der Waals surface area contributed by atoms with Crippen LogP contribution in [0.3, 0.4) is 0 Å². The fourth-order valence-electron chi connectivity index (χ4n) is 4.30. The van der Waals surface area contributed by atoms with Gasteiger partial charge in [-0.15, -0.1) is 0 Å². The summed E-state index contributed by atoms with van der Waals surface area (Å²) < 4.78 is 27.0. The first kappa shape index (κ1) is 22.9. The molecule has 0 bridgehead atoms. The van der Waals surface area contributed by atoms with Crippen LogP contribution in [-0.4, -0.2) is 5.28 Å². The van der Waals surface area contributed by atoms with Gasteiger partial charge in [-0.2, -0.15) is 0 Å². The third-order valence-electron chi connectivity index (χ3n) is 6.16. The van der Waals surface area contributed by atoms with Gasteiger partial charge in [-0.05, 0) is 29.5 Å². The number of benzene rings is 3. The van der Waals surface area contributed by atoms with E-state index < -0.39 is 12.9 Å². The minimum atomic E-state index is -3.50. The lowest BCUT2D eigenvalue weighted by Gasteiger charge is -2.42. The van der Waals surface area contributed by atoms with Gasteiger partial charge in [0.15, 0.2) is 0 Å². The van der Waals surface area contributed by atoms with Crippen LogP contribution in [0.5, 0.6) is 0 Å². The molecule has 0 saturated heterocycles. The van der Waals surface area contributed by atoms with E-state index in [0.29, 0.717) is 6.54 Å². The van der Waals surface area contributed by atoms with Crippen LogP contribution in [0.4, 0.5) is 0 Å². The fourth-order valence-corrected chi connectivity index (χ4v) is 6.64. The van der Waals surface area contributed by atoms with Crippen molar-refractivity contribution in [1.82, 2.24) is 5.32 Å². The van der Waals surface area contributed by atoms with Gasteiger partial charge in [0, 0.05) is 6.54 Å². The van der Waals surface area contributed by atoms with Crippen molar-refractivity contribution >= 4 is 7.60 Å². The summed E-state index contributed by atoms with van der Waals surface area (Å²) in [5, 5.41) is 2.96. The third-order valence-corrected chi connectivity index (χ3v) is 8.75. The van der Waals surface area contributed by atoms with Crippen LogP contribution in [0.25, 0.3) is 0 Å². The molecule has 0 atom stereocenters. The molecule has 0 radical (unpaired) electrons. The molecule has 1 saturated carbocycles. The summed E-state index contributed by atoms with van der Waals surface area (Å²) in [5.41, 5.74) is 3.14. The topological polar surface area (TPSA) is 47.6 Å². The molecule has 4 rings (SSSR count). The molecule has 0 amide bonds. The van der Waals surface area contributed by atoms with Crippen LogP contribution in [-0.2, 0) is 33.4 Å². The number of rotatable bonds is 10. The minimum absolute atomic E-state index is 0.266. The highest BCUT2D eigenvalue weighted by Gasteiger charge is 2.51. The average Bonchev–Trinajstić information content (AvgIpc) is 2.87. The Balaban J connectivity index is 1.59. The van der Waals surface area contributed by atoms with Crippen molar-refractivity contribution in [1.29, 1.82) is 0 Å². The predicted octanol–water partition coefficient (Wildman–Crippen LogP) is 7.06. The molecule has 32 heavy (non-hydrogen) atoms. The molecule has 5 heteroatoms. The second kappa shape index (κ2) is 11.1. The Morgan fingerprint density at radius 2 is 1.09 bits per heavy atom. The van der Waals surface area contributed by atoms with Gasteiger partial charge in [-0.25, -0.2) is 0 Å². The lowest BCUT2D eigenvalue weighted by Crippen LogP contribution is -2.47. The Morgan fingerprint density at radius 1 is 0.656 bits per heavy atom. The van der Waals surface area contributed by atoms with Crippen molar-refractivity contribution in [3.05, 3.63) is 108 Å². The Labute approximate surface area is 191 Å². The molecule has 1 aliphatic rings. The zero-order valence-electron chi connectivity index (χ0n) is 18.5. The van der Waals surface area contributed by atoms with Gasteiger partial charge < -0.3 is 9.05 Å². The minimum Gasteiger partial charge on any atom is -0.302 e. The lowest BCUT2D eigenvalue weighted by atomic mass is 9.94. The van der Waals surface area contributed by atoms with Crippen molar-refractivity contribution in [2.45, 2.75) is 57.1 Å². The van der Waals surface area contributed by atoms with E-state index in [1.165, 1.54) is 0 Å². The van der Waals surface area contributed by atoms with Crippen LogP contribution in [0.15, 0.2) is 91.0 Å². The van der Waals surface area contributed by atoms with E-state index in [1.54, 1.807) is 0 Å². The van der Waals surface area contributed by atoms with Crippen LogP contribution in [0.1, 0.15) is 48.8 Å². The maximum Gasteiger partial charge on any atom is 0.351 e. The van der Waals surface area contributed by atoms with Gasteiger partial charge in [0.05, 0.1) is 13.2 Å². The van der Waals surface area contributed by atoms with Gasteiger partial charge in [-0.1, -0.05) is 110 Å². The van der Waals surface area contributed by atoms with Crippen molar-refractivity contribution in [3.63, 3.8) is 0 Å². The number of hydrogen-bond donors (Lipinski definition) is 1. The summed E-state index contributed by atoms with van der Waals surface area (Å²) >= 11 is 0. The monoisotopic (exact) mass is 449 g/mol. The summed E-state index contributed by atoms with van der Waals surface area (Å²) in [6, 6.07) is 30.0. The van der Waals surface area contributed by atoms with Gasteiger partial charge in [0.25, 0.3) is 0 Å². The first-order valence-corrected chi connectivity index (χ1v) is 13.0. The normalized spacial score (nSPS) is 16.0. The highest BCUT2D eigenvalue weighted by atomic mass is 31.2. The molecule has 0 unspecified atom stereocenters. The highest BCUT2D eigenvalue weighted by Crippen LogP contribution is 2.64. The Kier molecular flexibility index (Phi) is 7.94. The highest BCUT2D eigenvalue weighted by molar-refractivity contribution is 7.55. The van der Waals surface area contributed by atoms with Gasteiger partial charge in [0.1, 0.15) is 5.28 Å². The van der Waals surface area contributed by atoms with Crippen molar-refractivity contribution in [2.24, 2.45) is 0 Å². The first-order chi connectivity index (χ1) is 15.7. The quantitative estimate of drug-likeness (QED) is 0.337. The van der Waals surface area contributed by atoms with Crippen molar-refractivity contribution in [2.75, 3.05) is 0 Å². The average molecular weight is 450 g/mol. The fraction of sp³-hybridized carbons (Fsp3) is 0.333. The maximum absolute atomic E-state index is 14.6. The largest absolute Gasteiger partial charge is 0.351 e.